The second kappa shape index (κ2) is 25.3. The number of aliphatic hydroxyl groups excluding tert-OH is 3. The van der Waals surface area contributed by atoms with E-state index in [0.29, 0.717) is 13.0 Å². The minimum atomic E-state index is -1.52. The highest BCUT2D eigenvalue weighted by Gasteiger charge is 2.20. The average molecular weight is 475 g/mol. The Morgan fingerprint density at radius 1 is 0.848 bits per heavy atom. The van der Waals surface area contributed by atoms with Crippen LogP contribution in [-0.4, -0.2) is 63.6 Å². The monoisotopic (exact) mass is 474 g/mol. The molecule has 0 radical (unpaired) electrons. The number of carbonyl (C=O) groups is 2. The molecule has 196 valence electrons. The van der Waals surface area contributed by atoms with Gasteiger partial charge in [-0.1, -0.05) is 83.6 Å². The van der Waals surface area contributed by atoms with Crippen molar-refractivity contribution in [3.8, 4) is 0 Å². The molecule has 0 aliphatic heterocycles. The Bertz CT molecular complexity index is 488. The molecule has 0 spiro atoms. The number of rotatable bonds is 21. The van der Waals surface area contributed by atoms with Gasteiger partial charge in [0, 0.05) is 0 Å². The number of hydrogen-bond donors (Lipinski definition) is 6. The van der Waals surface area contributed by atoms with Gasteiger partial charge in [0.25, 0.3) is 0 Å². The Balaban J connectivity index is 0. The van der Waals surface area contributed by atoms with Crippen molar-refractivity contribution in [2.75, 3.05) is 13.2 Å². The van der Waals surface area contributed by atoms with E-state index in [1.807, 2.05) is 0 Å². The molecular formula is C25H50N2O6. The molecule has 0 aromatic rings. The summed E-state index contributed by atoms with van der Waals surface area (Å²) in [6.45, 7) is 2.23. The number of unbranched alkanes of at least 4 members (excludes halogenated alkanes) is 12. The second-order valence-electron chi connectivity index (χ2n) is 8.55. The van der Waals surface area contributed by atoms with E-state index >= 15 is 0 Å². The van der Waals surface area contributed by atoms with Crippen LogP contribution in [0, 0.1) is 0 Å². The highest BCUT2D eigenvalue weighted by molar-refractivity contribution is 5.93. The van der Waals surface area contributed by atoms with Gasteiger partial charge in [-0.25, -0.2) is 0 Å². The predicted molar refractivity (Wildman–Crippen MR) is 133 cm³/mol. The van der Waals surface area contributed by atoms with Gasteiger partial charge in [0.2, 0.25) is 0 Å². The Hall–Kier alpha value is -1.32. The third kappa shape index (κ3) is 23.6. The molecule has 3 atom stereocenters. The first-order valence-electron chi connectivity index (χ1n) is 12.7. The van der Waals surface area contributed by atoms with E-state index in [0.717, 1.165) is 32.1 Å². The fourth-order valence-corrected chi connectivity index (χ4v) is 3.15. The van der Waals surface area contributed by atoms with Gasteiger partial charge < -0.3 is 31.9 Å². The first-order valence-corrected chi connectivity index (χ1v) is 12.7. The van der Waals surface area contributed by atoms with Crippen LogP contribution in [0.2, 0.25) is 0 Å². The van der Waals surface area contributed by atoms with E-state index in [-0.39, 0.29) is 0 Å². The van der Waals surface area contributed by atoms with Crippen molar-refractivity contribution in [2.24, 2.45) is 11.5 Å². The van der Waals surface area contributed by atoms with Gasteiger partial charge in [0.1, 0.15) is 18.2 Å². The summed E-state index contributed by atoms with van der Waals surface area (Å²) >= 11 is 0. The summed E-state index contributed by atoms with van der Waals surface area (Å²) in [6, 6.07) is -0.716. The van der Waals surface area contributed by atoms with Crippen LogP contribution in [0.15, 0.2) is 12.2 Å². The van der Waals surface area contributed by atoms with Crippen LogP contribution in [0.1, 0.15) is 103 Å². The maximum atomic E-state index is 11.4. The first-order chi connectivity index (χ1) is 15.8. The van der Waals surface area contributed by atoms with Crippen molar-refractivity contribution >= 4 is 11.8 Å². The number of hydrogen-bond acceptors (Lipinski definition) is 7. The van der Waals surface area contributed by atoms with Crippen LogP contribution in [0.5, 0.6) is 0 Å². The molecule has 0 aliphatic rings. The summed E-state index contributed by atoms with van der Waals surface area (Å²) in [5, 5.41) is 35.5. The molecule has 8 nitrogen and oxygen atoms in total. The smallest absolute Gasteiger partial charge is 0.320 e. The zero-order valence-electron chi connectivity index (χ0n) is 20.7. The molecule has 8 heteroatoms. The summed E-state index contributed by atoms with van der Waals surface area (Å²) in [5.74, 6) is -1.48. The Morgan fingerprint density at radius 3 is 1.82 bits per heavy atom. The van der Waals surface area contributed by atoms with E-state index < -0.39 is 36.6 Å². The molecule has 0 bridgehead atoms. The van der Waals surface area contributed by atoms with Gasteiger partial charge in [-0.3, -0.25) is 9.59 Å². The average Bonchev–Trinajstić information content (AvgIpc) is 2.81. The van der Waals surface area contributed by atoms with Crippen molar-refractivity contribution in [1.82, 2.24) is 0 Å². The lowest BCUT2D eigenvalue weighted by Gasteiger charge is -2.11. The predicted octanol–water partition coefficient (Wildman–Crippen LogP) is 3.05. The molecule has 0 saturated heterocycles. The first kappa shape index (κ1) is 33.9. The number of aliphatic hydroxyl groups is 3. The third-order valence-corrected chi connectivity index (χ3v) is 5.39. The fraction of sp³-hybridized carbons (Fsp3) is 0.840. The number of allylic oxidation sites excluding steroid dienone is 1. The maximum Gasteiger partial charge on any atom is 0.320 e. The Morgan fingerprint density at radius 2 is 1.36 bits per heavy atom. The van der Waals surface area contributed by atoms with Crippen molar-refractivity contribution in [3.05, 3.63) is 12.2 Å². The number of aliphatic carboxylic acids is 1. The van der Waals surface area contributed by atoms with Crippen molar-refractivity contribution in [1.29, 1.82) is 0 Å². The minimum Gasteiger partial charge on any atom is -0.480 e. The number of carboxylic acid groups (broad SMARTS) is 1. The highest BCUT2D eigenvalue weighted by atomic mass is 16.4. The summed E-state index contributed by atoms with van der Waals surface area (Å²) in [6.07, 6.45) is 17.3. The van der Waals surface area contributed by atoms with Gasteiger partial charge in [0.05, 0.1) is 6.61 Å². The molecule has 0 saturated carbocycles. The van der Waals surface area contributed by atoms with E-state index in [4.69, 9.17) is 26.8 Å². The van der Waals surface area contributed by atoms with Gasteiger partial charge in [-0.15, -0.1) is 0 Å². The summed E-state index contributed by atoms with van der Waals surface area (Å²) in [7, 11) is 0. The number of nitrogens with two attached hydrogens (primary N) is 2. The van der Waals surface area contributed by atoms with Crippen molar-refractivity contribution in [2.45, 2.75) is 121 Å². The van der Waals surface area contributed by atoms with Gasteiger partial charge in [-0.05, 0) is 38.3 Å². The van der Waals surface area contributed by atoms with Crippen LogP contribution in [0.4, 0.5) is 0 Å². The maximum absolute atomic E-state index is 11.4. The number of carboxylic acids is 1. The fourth-order valence-electron chi connectivity index (χ4n) is 3.15. The third-order valence-electron chi connectivity index (χ3n) is 5.39. The second-order valence-corrected chi connectivity index (χ2v) is 8.55. The van der Waals surface area contributed by atoms with E-state index in [1.165, 1.54) is 63.9 Å². The molecular weight excluding hydrogens is 424 g/mol. The van der Waals surface area contributed by atoms with Gasteiger partial charge in [0.15, 0.2) is 5.78 Å². The lowest BCUT2D eigenvalue weighted by Crippen LogP contribution is -2.35. The summed E-state index contributed by atoms with van der Waals surface area (Å²) in [4.78, 5) is 21.6. The molecule has 0 aromatic heterocycles. The zero-order valence-corrected chi connectivity index (χ0v) is 20.7. The normalized spacial score (nSPS) is 13.9. The van der Waals surface area contributed by atoms with E-state index in [9.17, 15) is 14.7 Å². The molecule has 8 N–H and O–H groups in total. The molecule has 0 fully saturated rings. The topological polar surface area (TPSA) is 167 Å². The van der Waals surface area contributed by atoms with E-state index in [1.54, 1.807) is 6.08 Å². The standard InChI is InChI=1S/C19H36O4.C6H14N2O2/c1-2-3-4-5-6-7-8-9-10-11-12-13-14-15-17(21)19(23)18(22)16-20;7-4-2-1-3-5(8)6(9)10/h14-15,18-20,22-23H,2-13,16H2,1H3;5H,1-4,7-8H2,(H,9,10)/t;5-/m.0/s1. The van der Waals surface area contributed by atoms with Crippen LogP contribution >= 0.6 is 0 Å². The SMILES string of the molecule is CCCCCCCCCCCCCC=CC(=O)C(O)C(O)CO.NCCCC[C@H](N)C(=O)O. The number of carbonyl (C=O) groups excluding carboxylic acids is 1. The van der Waals surface area contributed by atoms with Crippen molar-refractivity contribution in [3.63, 3.8) is 0 Å². The van der Waals surface area contributed by atoms with Crippen LogP contribution in [0.25, 0.3) is 0 Å². The lowest BCUT2D eigenvalue weighted by atomic mass is 10.0. The van der Waals surface area contributed by atoms with Crippen LogP contribution in [-0.2, 0) is 9.59 Å². The van der Waals surface area contributed by atoms with Gasteiger partial charge in [-0.2, -0.15) is 0 Å². The minimum absolute atomic E-state index is 0.520. The Labute approximate surface area is 200 Å². The molecule has 33 heavy (non-hydrogen) atoms. The van der Waals surface area contributed by atoms with Gasteiger partial charge >= 0.3 is 5.97 Å². The van der Waals surface area contributed by atoms with Crippen molar-refractivity contribution < 1.29 is 30.0 Å². The molecule has 0 heterocycles. The molecule has 0 amide bonds. The number of ketones is 1. The highest BCUT2D eigenvalue weighted by Crippen LogP contribution is 2.12. The van der Waals surface area contributed by atoms with Crippen LogP contribution in [0.3, 0.4) is 0 Å². The lowest BCUT2D eigenvalue weighted by molar-refractivity contribution is -0.138. The summed E-state index contributed by atoms with van der Waals surface area (Å²) in [5.41, 5.74) is 10.4. The molecule has 0 rings (SSSR count). The van der Waals surface area contributed by atoms with E-state index in [2.05, 4.69) is 6.92 Å². The largest absolute Gasteiger partial charge is 0.480 e. The Kier molecular flexibility index (Phi) is 26.0. The molecule has 0 aromatic carbocycles. The quantitative estimate of drug-likeness (QED) is 0.109. The molecule has 2 unspecified atom stereocenters. The zero-order chi connectivity index (χ0) is 25.3. The summed E-state index contributed by atoms with van der Waals surface area (Å²) < 4.78 is 0. The van der Waals surface area contributed by atoms with Crippen LogP contribution < -0.4 is 11.5 Å². The molecule has 0 aliphatic carbocycles.